The van der Waals surface area contributed by atoms with Crippen molar-refractivity contribution in [2.75, 3.05) is 0 Å². The molecule has 5 heteroatoms. The lowest BCUT2D eigenvalue weighted by atomic mass is 10.2. The van der Waals surface area contributed by atoms with Crippen LogP contribution in [-0.4, -0.2) is 22.4 Å². The molecule has 0 aliphatic carbocycles. The summed E-state index contributed by atoms with van der Waals surface area (Å²) in [5, 5.41) is 0.441. The zero-order valence-electron chi connectivity index (χ0n) is 7.05. The number of halogens is 1. The second-order valence-corrected chi connectivity index (χ2v) is 3.28. The van der Waals surface area contributed by atoms with Crippen LogP contribution in [0.1, 0.15) is 0 Å². The first-order valence-corrected chi connectivity index (χ1v) is 4.47. The third-order valence-electron chi connectivity index (χ3n) is 2.04. The minimum atomic E-state index is 0.441. The summed E-state index contributed by atoms with van der Waals surface area (Å²) in [7, 11) is 0. The maximum atomic E-state index is 5.85. The van der Waals surface area contributed by atoms with Crippen LogP contribution < -0.4 is 0 Å². The Kier molecular flexibility index (Phi) is 1.46. The van der Waals surface area contributed by atoms with E-state index in [1.165, 1.54) is 6.34 Å². The van der Waals surface area contributed by atoms with Crippen molar-refractivity contribution in [2.24, 2.45) is 15.0 Å². The fourth-order valence-corrected chi connectivity index (χ4v) is 1.66. The van der Waals surface area contributed by atoms with E-state index >= 15 is 0 Å². The van der Waals surface area contributed by atoms with Crippen molar-refractivity contribution in [3.63, 3.8) is 0 Å². The normalized spacial score (nSPS) is 22.2. The van der Waals surface area contributed by atoms with Crippen molar-refractivity contribution < 1.29 is 0 Å². The molecule has 0 aromatic rings. The predicted octanol–water partition coefficient (Wildman–Crippen LogP) is 1.63. The molecule has 3 heterocycles. The van der Waals surface area contributed by atoms with Crippen LogP contribution in [0.3, 0.4) is 0 Å². The highest BCUT2D eigenvalue weighted by Gasteiger charge is 2.25. The molecule has 0 aromatic carbocycles. The summed E-state index contributed by atoms with van der Waals surface area (Å²) in [6.45, 7) is 0. The van der Waals surface area contributed by atoms with E-state index in [0.29, 0.717) is 11.1 Å². The molecule has 3 rings (SSSR count). The molecule has 0 saturated heterocycles. The Bertz CT molecular complexity index is 477. The van der Waals surface area contributed by atoms with Crippen LogP contribution in [0.15, 0.2) is 50.8 Å². The number of hydrogen-bond donors (Lipinski definition) is 0. The van der Waals surface area contributed by atoms with Gasteiger partial charge in [0.25, 0.3) is 0 Å². The number of nitrogens with zero attached hydrogens (tertiary/aromatic N) is 4. The van der Waals surface area contributed by atoms with Gasteiger partial charge in [0.05, 0.1) is 5.70 Å². The van der Waals surface area contributed by atoms with Gasteiger partial charge in [0.1, 0.15) is 17.3 Å². The van der Waals surface area contributed by atoms with Crippen molar-refractivity contribution in [3.8, 4) is 0 Å². The second-order valence-electron chi connectivity index (χ2n) is 2.90. The molecule has 0 atom stereocenters. The van der Waals surface area contributed by atoms with Crippen molar-refractivity contribution in [3.05, 3.63) is 35.8 Å². The standard InChI is InChI=1S/C9H5ClN4/c10-7-4-6-2-1-3-8-11-5-12-9(13-7)14(6)8/h1-5H. The first-order valence-electron chi connectivity index (χ1n) is 4.09. The highest BCUT2D eigenvalue weighted by Crippen LogP contribution is 2.26. The molecule has 3 aliphatic heterocycles. The fourth-order valence-electron chi connectivity index (χ4n) is 1.47. The van der Waals surface area contributed by atoms with Gasteiger partial charge in [0.15, 0.2) is 0 Å². The van der Waals surface area contributed by atoms with Crippen LogP contribution in [-0.2, 0) is 0 Å². The summed E-state index contributed by atoms with van der Waals surface area (Å²) in [6.07, 6.45) is 9.03. The minimum Gasteiger partial charge on any atom is -0.263 e. The molecule has 0 bridgehead atoms. The van der Waals surface area contributed by atoms with Gasteiger partial charge in [-0.15, -0.1) is 0 Å². The Labute approximate surface area is 85.3 Å². The molecule has 68 valence electrons. The van der Waals surface area contributed by atoms with Gasteiger partial charge in [0.2, 0.25) is 5.96 Å². The second kappa shape index (κ2) is 2.65. The molecule has 4 nitrogen and oxygen atoms in total. The van der Waals surface area contributed by atoms with Crippen LogP contribution in [0.4, 0.5) is 0 Å². The van der Waals surface area contributed by atoms with Crippen LogP contribution >= 0.6 is 11.6 Å². The van der Waals surface area contributed by atoms with Gasteiger partial charge < -0.3 is 0 Å². The number of rotatable bonds is 0. The molecule has 0 amide bonds. The van der Waals surface area contributed by atoms with E-state index in [1.54, 1.807) is 6.08 Å². The third kappa shape index (κ3) is 0.975. The van der Waals surface area contributed by atoms with E-state index in [4.69, 9.17) is 11.6 Å². The van der Waals surface area contributed by atoms with Crippen LogP contribution in [0, 0.1) is 0 Å². The predicted molar refractivity (Wildman–Crippen MR) is 56.4 cm³/mol. The Morgan fingerprint density at radius 3 is 3.21 bits per heavy atom. The van der Waals surface area contributed by atoms with Gasteiger partial charge in [-0.25, -0.2) is 15.0 Å². The van der Waals surface area contributed by atoms with Gasteiger partial charge >= 0.3 is 0 Å². The first kappa shape index (κ1) is 7.70. The zero-order valence-corrected chi connectivity index (χ0v) is 7.81. The smallest absolute Gasteiger partial charge is 0.238 e. The van der Waals surface area contributed by atoms with E-state index in [1.807, 2.05) is 23.1 Å². The summed E-state index contributed by atoms with van der Waals surface area (Å²) in [5.74, 6) is 1.38. The number of aliphatic imine (C=N–C) groups is 3. The number of allylic oxidation sites excluding steroid dienone is 4. The van der Waals surface area contributed by atoms with E-state index in [2.05, 4.69) is 15.0 Å². The van der Waals surface area contributed by atoms with E-state index in [0.717, 1.165) is 11.5 Å². The summed E-state index contributed by atoms with van der Waals surface area (Å²) in [6, 6.07) is 0. The van der Waals surface area contributed by atoms with Crippen LogP contribution in [0.2, 0.25) is 0 Å². The molecule has 0 N–H and O–H groups in total. The topological polar surface area (TPSA) is 40.3 Å². The summed E-state index contributed by atoms with van der Waals surface area (Å²) < 4.78 is 0. The SMILES string of the molecule is ClC1=NC2=NC=NC3=CC=CC(=C1)N32. The van der Waals surface area contributed by atoms with Gasteiger partial charge in [-0.3, -0.25) is 4.90 Å². The van der Waals surface area contributed by atoms with Crippen LogP contribution in [0.25, 0.3) is 0 Å². The Morgan fingerprint density at radius 2 is 2.29 bits per heavy atom. The summed E-state index contributed by atoms with van der Waals surface area (Å²) >= 11 is 5.85. The maximum absolute atomic E-state index is 5.85. The Hall–Kier alpha value is -1.68. The van der Waals surface area contributed by atoms with Gasteiger partial charge in [-0.05, 0) is 18.2 Å². The highest BCUT2D eigenvalue weighted by atomic mass is 35.5. The largest absolute Gasteiger partial charge is 0.263 e. The van der Waals surface area contributed by atoms with Crippen molar-refractivity contribution in [2.45, 2.75) is 0 Å². The molecule has 0 radical (unpaired) electrons. The monoisotopic (exact) mass is 204 g/mol. The lowest BCUT2D eigenvalue weighted by Crippen LogP contribution is -2.33. The number of guanidine groups is 1. The average Bonchev–Trinajstić information content (AvgIpc) is 2.18. The molecular formula is C9H5ClN4. The van der Waals surface area contributed by atoms with Gasteiger partial charge in [-0.1, -0.05) is 17.7 Å². The molecule has 3 aliphatic rings. The van der Waals surface area contributed by atoms with E-state index < -0.39 is 0 Å². The third-order valence-corrected chi connectivity index (χ3v) is 2.23. The molecule has 14 heavy (non-hydrogen) atoms. The van der Waals surface area contributed by atoms with E-state index in [-0.39, 0.29) is 0 Å². The molecular weight excluding hydrogens is 200 g/mol. The Balaban J connectivity index is 2.23. The Morgan fingerprint density at radius 1 is 1.36 bits per heavy atom. The van der Waals surface area contributed by atoms with Gasteiger partial charge in [-0.2, -0.15) is 0 Å². The summed E-state index contributed by atoms with van der Waals surface area (Å²) in [5.41, 5.74) is 0.943. The van der Waals surface area contributed by atoms with Crippen molar-refractivity contribution in [1.29, 1.82) is 0 Å². The van der Waals surface area contributed by atoms with Crippen LogP contribution in [0.5, 0.6) is 0 Å². The lowest BCUT2D eigenvalue weighted by Gasteiger charge is -2.30. The van der Waals surface area contributed by atoms with Gasteiger partial charge in [0, 0.05) is 0 Å². The minimum absolute atomic E-state index is 0.441. The van der Waals surface area contributed by atoms with Crippen molar-refractivity contribution >= 4 is 29.1 Å². The molecule has 0 fully saturated rings. The highest BCUT2D eigenvalue weighted by molar-refractivity contribution is 6.69. The fraction of sp³-hybridized carbons (Fsp3) is 0. The lowest BCUT2D eigenvalue weighted by molar-refractivity contribution is 0.619. The quantitative estimate of drug-likeness (QED) is 0.591. The molecule has 0 unspecified atom stereocenters. The molecule has 0 saturated carbocycles. The molecule has 0 spiro atoms. The maximum Gasteiger partial charge on any atom is 0.238 e. The number of hydrogen-bond acceptors (Lipinski definition) is 4. The summed E-state index contributed by atoms with van der Waals surface area (Å²) in [4.78, 5) is 14.1. The van der Waals surface area contributed by atoms with Crippen molar-refractivity contribution in [1.82, 2.24) is 4.90 Å². The molecule has 0 aromatic heterocycles. The average molecular weight is 205 g/mol. The van der Waals surface area contributed by atoms with E-state index in [9.17, 15) is 0 Å². The zero-order chi connectivity index (χ0) is 9.54. The first-order chi connectivity index (χ1) is 6.84.